The van der Waals surface area contributed by atoms with E-state index >= 15 is 0 Å². The average Bonchev–Trinajstić information content (AvgIpc) is 2.20. The molecule has 2 aliphatic rings. The van der Waals surface area contributed by atoms with Crippen LogP contribution in [0.15, 0.2) is 0 Å². The van der Waals surface area contributed by atoms with Crippen molar-refractivity contribution in [3.63, 3.8) is 0 Å². The Morgan fingerprint density at radius 1 is 1.31 bits per heavy atom. The maximum atomic E-state index is 5.37. The van der Waals surface area contributed by atoms with Crippen LogP contribution in [-0.2, 0) is 4.74 Å². The van der Waals surface area contributed by atoms with Crippen LogP contribution in [-0.4, -0.2) is 41.2 Å². The highest BCUT2D eigenvalue weighted by Crippen LogP contribution is 2.28. The number of halogens is 1. The maximum absolute atomic E-state index is 5.37. The standard InChI is InChI=1S/C10H17INO/c11-9-3-1-2-4-10(9)12-5-7-13-8-6-12/h1,9-10H,2-8H2/t9-,10-/m0/s1. The lowest BCUT2D eigenvalue weighted by Crippen LogP contribution is -2.48. The van der Waals surface area contributed by atoms with Crippen molar-refractivity contribution in [2.24, 2.45) is 0 Å². The summed E-state index contributed by atoms with van der Waals surface area (Å²) in [7, 11) is 0. The number of ether oxygens (including phenoxy) is 1. The Morgan fingerprint density at radius 2 is 2.08 bits per heavy atom. The molecule has 0 bridgehead atoms. The lowest BCUT2D eigenvalue weighted by molar-refractivity contribution is 0.0133. The molecule has 1 heterocycles. The Labute approximate surface area is 94.1 Å². The van der Waals surface area contributed by atoms with Crippen molar-refractivity contribution < 1.29 is 4.74 Å². The minimum atomic E-state index is 0.814. The predicted octanol–water partition coefficient (Wildman–Crippen LogP) is 1.88. The van der Waals surface area contributed by atoms with E-state index in [0.717, 1.165) is 36.3 Å². The van der Waals surface area contributed by atoms with E-state index < -0.39 is 0 Å². The van der Waals surface area contributed by atoms with Crippen LogP contribution in [0.25, 0.3) is 0 Å². The van der Waals surface area contributed by atoms with Crippen LogP contribution in [0.1, 0.15) is 19.3 Å². The van der Waals surface area contributed by atoms with Crippen molar-refractivity contribution >= 4 is 22.6 Å². The third kappa shape index (κ3) is 2.57. The van der Waals surface area contributed by atoms with Gasteiger partial charge in [0.1, 0.15) is 0 Å². The fourth-order valence-electron chi connectivity index (χ4n) is 2.22. The van der Waals surface area contributed by atoms with Gasteiger partial charge in [-0.05, 0) is 25.7 Å². The molecule has 2 atom stereocenters. The Kier molecular flexibility index (Phi) is 3.86. The van der Waals surface area contributed by atoms with Gasteiger partial charge in [0.05, 0.1) is 13.2 Å². The predicted molar refractivity (Wildman–Crippen MR) is 62.1 cm³/mol. The molecule has 0 amide bonds. The molecule has 75 valence electrons. The van der Waals surface area contributed by atoms with Gasteiger partial charge in [-0.1, -0.05) is 22.6 Å². The zero-order valence-electron chi connectivity index (χ0n) is 7.92. The van der Waals surface area contributed by atoms with Crippen molar-refractivity contribution in [1.82, 2.24) is 4.90 Å². The second-order valence-electron chi connectivity index (χ2n) is 3.83. The van der Waals surface area contributed by atoms with Gasteiger partial charge in [0, 0.05) is 23.1 Å². The SMILES string of the molecule is I[C@H]1C[CH]CC[C@@H]1N1CCOCC1. The van der Waals surface area contributed by atoms with Crippen LogP contribution in [0.2, 0.25) is 0 Å². The zero-order valence-corrected chi connectivity index (χ0v) is 10.1. The van der Waals surface area contributed by atoms with Crippen molar-refractivity contribution in [3.05, 3.63) is 6.42 Å². The lowest BCUT2D eigenvalue weighted by atomic mass is 9.94. The van der Waals surface area contributed by atoms with Crippen molar-refractivity contribution in [2.75, 3.05) is 26.3 Å². The summed E-state index contributed by atoms with van der Waals surface area (Å²) in [5.74, 6) is 0. The first-order valence-electron chi connectivity index (χ1n) is 5.15. The molecule has 1 radical (unpaired) electrons. The lowest BCUT2D eigenvalue weighted by Gasteiger charge is -2.39. The fraction of sp³-hybridized carbons (Fsp3) is 0.900. The Morgan fingerprint density at radius 3 is 2.77 bits per heavy atom. The van der Waals surface area contributed by atoms with E-state index in [-0.39, 0.29) is 0 Å². The molecule has 0 unspecified atom stereocenters. The first kappa shape index (κ1) is 10.2. The molecule has 0 N–H and O–H groups in total. The molecule has 2 rings (SSSR count). The van der Waals surface area contributed by atoms with Crippen molar-refractivity contribution in [3.8, 4) is 0 Å². The summed E-state index contributed by atoms with van der Waals surface area (Å²) in [6.45, 7) is 4.15. The van der Waals surface area contributed by atoms with E-state index in [2.05, 4.69) is 33.9 Å². The molecule has 13 heavy (non-hydrogen) atoms. The van der Waals surface area contributed by atoms with E-state index in [9.17, 15) is 0 Å². The van der Waals surface area contributed by atoms with Gasteiger partial charge in [0.25, 0.3) is 0 Å². The van der Waals surface area contributed by atoms with Crippen LogP contribution in [0.3, 0.4) is 0 Å². The van der Waals surface area contributed by atoms with Crippen LogP contribution in [0, 0.1) is 6.42 Å². The van der Waals surface area contributed by atoms with Crippen LogP contribution in [0.4, 0.5) is 0 Å². The van der Waals surface area contributed by atoms with E-state index in [1.54, 1.807) is 0 Å². The summed E-state index contributed by atoms with van der Waals surface area (Å²) in [4.78, 5) is 2.62. The number of alkyl halides is 1. The van der Waals surface area contributed by atoms with Gasteiger partial charge in [0.15, 0.2) is 0 Å². The van der Waals surface area contributed by atoms with Gasteiger partial charge in [-0.3, -0.25) is 4.90 Å². The summed E-state index contributed by atoms with van der Waals surface area (Å²) >= 11 is 2.61. The molecule has 2 nitrogen and oxygen atoms in total. The van der Waals surface area contributed by atoms with Gasteiger partial charge in [-0.25, -0.2) is 0 Å². The normalized spacial score (nSPS) is 37.6. The first-order valence-corrected chi connectivity index (χ1v) is 6.40. The van der Waals surface area contributed by atoms with Gasteiger partial charge >= 0.3 is 0 Å². The second-order valence-corrected chi connectivity index (χ2v) is 5.43. The third-order valence-corrected chi connectivity index (χ3v) is 4.33. The minimum absolute atomic E-state index is 0.814. The fourth-order valence-corrected chi connectivity index (χ4v) is 3.40. The average molecular weight is 294 g/mol. The molecular weight excluding hydrogens is 277 g/mol. The number of nitrogens with zero attached hydrogens (tertiary/aromatic N) is 1. The first-order chi connectivity index (χ1) is 6.38. The Balaban J connectivity index is 1.88. The number of rotatable bonds is 1. The molecule has 3 heteroatoms. The molecule has 0 aromatic heterocycles. The second kappa shape index (κ2) is 4.94. The number of hydrogen-bond donors (Lipinski definition) is 0. The minimum Gasteiger partial charge on any atom is -0.379 e. The number of hydrogen-bond acceptors (Lipinski definition) is 2. The molecule has 0 spiro atoms. The molecule has 1 saturated carbocycles. The van der Waals surface area contributed by atoms with Crippen molar-refractivity contribution in [1.29, 1.82) is 0 Å². The summed E-state index contributed by atoms with van der Waals surface area (Å²) in [5.41, 5.74) is 0. The number of morpholine rings is 1. The largest absolute Gasteiger partial charge is 0.379 e. The van der Waals surface area contributed by atoms with Crippen LogP contribution < -0.4 is 0 Å². The van der Waals surface area contributed by atoms with E-state index in [1.165, 1.54) is 19.3 Å². The molecular formula is C10H17INO. The topological polar surface area (TPSA) is 12.5 Å². The van der Waals surface area contributed by atoms with E-state index in [1.807, 2.05) is 0 Å². The van der Waals surface area contributed by atoms with Crippen molar-refractivity contribution in [2.45, 2.75) is 29.2 Å². The summed E-state index contributed by atoms with van der Waals surface area (Å²) < 4.78 is 6.20. The molecule has 2 fully saturated rings. The highest BCUT2D eigenvalue weighted by molar-refractivity contribution is 14.1. The zero-order chi connectivity index (χ0) is 9.10. The molecule has 1 aliphatic heterocycles. The van der Waals surface area contributed by atoms with Gasteiger partial charge in [-0.2, -0.15) is 0 Å². The monoisotopic (exact) mass is 294 g/mol. The smallest absolute Gasteiger partial charge is 0.0594 e. The highest BCUT2D eigenvalue weighted by atomic mass is 127. The van der Waals surface area contributed by atoms with Crippen LogP contribution >= 0.6 is 22.6 Å². The quantitative estimate of drug-likeness (QED) is 0.541. The molecule has 1 saturated heterocycles. The maximum Gasteiger partial charge on any atom is 0.0594 e. The van der Waals surface area contributed by atoms with Gasteiger partial charge < -0.3 is 4.74 Å². The van der Waals surface area contributed by atoms with E-state index in [0.29, 0.717) is 0 Å². The molecule has 0 aromatic carbocycles. The Hall–Kier alpha value is 0.650. The highest BCUT2D eigenvalue weighted by Gasteiger charge is 2.28. The molecule has 0 aromatic rings. The van der Waals surface area contributed by atoms with Gasteiger partial charge in [0.2, 0.25) is 0 Å². The summed E-state index contributed by atoms with van der Waals surface area (Å²) in [6, 6.07) is 0.814. The third-order valence-electron chi connectivity index (χ3n) is 2.99. The molecule has 1 aliphatic carbocycles. The van der Waals surface area contributed by atoms with Gasteiger partial charge in [-0.15, -0.1) is 0 Å². The Bertz CT molecular complexity index is 159. The summed E-state index contributed by atoms with van der Waals surface area (Å²) in [5, 5.41) is 0. The summed E-state index contributed by atoms with van der Waals surface area (Å²) in [6.07, 6.45) is 6.39. The van der Waals surface area contributed by atoms with E-state index in [4.69, 9.17) is 4.74 Å². The van der Waals surface area contributed by atoms with Crippen LogP contribution in [0.5, 0.6) is 0 Å².